The SMILES string of the molecule is CNc1cc(C(F)(F)F)cc(NCC2CCC(O)C2)n1. The Morgan fingerprint density at radius 3 is 2.55 bits per heavy atom. The number of pyridine rings is 1. The molecule has 3 N–H and O–H groups in total. The van der Waals surface area contributed by atoms with Crippen LogP contribution in [0.4, 0.5) is 24.8 Å². The van der Waals surface area contributed by atoms with Gasteiger partial charge in [0, 0.05) is 13.6 Å². The van der Waals surface area contributed by atoms with Crippen LogP contribution >= 0.6 is 0 Å². The van der Waals surface area contributed by atoms with Gasteiger partial charge in [0.25, 0.3) is 0 Å². The monoisotopic (exact) mass is 289 g/mol. The van der Waals surface area contributed by atoms with E-state index in [9.17, 15) is 18.3 Å². The number of aliphatic hydroxyl groups is 1. The Kier molecular flexibility index (Phi) is 4.37. The van der Waals surface area contributed by atoms with E-state index in [4.69, 9.17) is 0 Å². The molecule has 2 rings (SSSR count). The van der Waals surface area contributed by atoms with E-state index < -0.39 is 11.7 Å². The molecular formula is C13H18F3N3O. The van der Waals surface area contributed by atoms with Crippen molar-refractivity contribution in [1.29, 1.82) is 0 Å². The van der Waals surface area contributed by atoms with Gasteiger partial charge in [-0.2, -0.15) is 13.2 Å². The van der Waals surface area contributed by atoms with Crippen molar-refractivity contribution in [3.63, 3.8) is 0 Å². The molecule has 0 saturated heterocycles. The number of nitrogens with zero attached hydrogens (tertiary/aromatic N) is 1. The Hall–Kier alpha value is -1.50. The molecule has 112 valence electrons. The number of halogens is 3. The quantitative estimate of drug-likeness (QED) is 0.797. The van der Waals surface area contributed by atoms with E-state index in [1.165, 1.54) is 7.05 Å². The summed E-state index contributed by atoms with van der Waals surface area (Å²) in [5.74, 6) is 0.652. The standard InChI is InChI=1S/C13H18F3N3O/c1-17-11-5-9(13(14,15)16)6-12(19-11)18-7-8-2-3-10(20)4-8/h5-6,8,10,20H,2-4,7H2,1H3,(H2,17,18,19). The van der Waals surface area contributed by atoms with Gasteiger partial charge in [-0.1, -0.05) is 0 Å². The van der Waals surface area contributed by atoms with Crippen LogP contribution in [0.15, 0.2) is 12.1 Å². The Bertz CT molecular complexity index is 465. The molecule has 0 aliphatic heterocycles. The van der Waals surface area contributed by atoms with Crippen molar-refractivity contribution in [1.82, 2.24) is 4.98 Å². The molecule has 2 unspecified atom stereocenters. The van der Waals surface area contributed by atoms with Crippen LogP contribution in [0.2, 0.25) is 0 Å². The van der Waals surface area contributed by atoms with Crippen LogP contribution in [-0.2, 0) is 6.18 Å². The maximum absolute atomic E-state index is 12.8. The third-order valence-corrected chi connectivity index (χ3v) is 3.49. The molecule has 1 saturated carbocycles. The molecule has 20 heavy (non-hydrogen) atoms. The van der Waals surface area contributed by atoms with Crippen LogP contribution in [0.25, 0.3) is 0 Å². The smallest absolute Gasteiger partial charge is 0.393 e. The first kappa shape index (κ1) is 14.9. The highest BCUT2D eigenvalue weighted by Gasteiger charge is 2.31. The maximum atomic E-state index is 12.8. The van der Waals surface area contributed by atoms with E-state index in [0.717, 1.165) is 25.0 Å². The molecule has 0 aromatic carbocycles. The lowest BCUT2D eigenvalue weighted by molar-refractivity contribution is -0.137. The molecule has 1 aliphatic carbocycles. The molecule has 1 aromatic heterocycles. The van der Waals surface area contributed by atoms with Gasteiger partial charge in [-0.3, -0.25) is 0 Å². The summed E-state index contributed by atoms with van der Waals surface area (Å²) in [5, 5.41) is 15.0. The molecule has 0 radical (unpaired) electrons. The Morgan fingerprint density at radius 1 is 1.30 bits per heavy atom. The molecule has 0 spiro atoms. The molecule has 1 fully saturated rings. The molecular weight excluding hydrogens is 271 g/mol. The highest BCUT2D eigenvalue weighted by molar-refractivity contribution is 5.49. The van der Waals surface area contributed by atoms with Crippen LogP contribution in [-0.4, -0.2) is 29.8 Å². The molecule has 7 heteroatoms. The summed E-state index contributed by atoms with van der Waals surface area (Å²) in [5.41, 5.74) is -0.731. The predicted octanol–water partition coefficient (Wildman–Crippen LogP) is 2.72. The van der Waals surface area contributed by atoms with Crippen molar-refractivity contribution in [2.45, 2.75) is 31.5 Å². The van der Waals surface area contributed by atoms with Crippen LogP contribution in [0.3, 0.4) is 0 Å². The fourth-order valence-corrected chi connectivity index (χ4v) is 2.40. The molecule has 0 amide bonds. The lowest BCUT2D eigenvalue weighted by atomic mass is 10.1. The number of hydrogen-bond donors (Lipinski definition) is 3. The van der Waals surface area contributed by atoms with Gasteiger partial charge in [0.15, 0.2) is 0 Å². The van der Waals surface area contributed by atoms with Gasteiger partial charge in [-0.25, -0.2) is 4.98 Å². The lowest BCUT2D eigenvalue weighted by Gasteiger charge is -2.14. The predicted molar refractivity (Wildman–Crippen MR) is 70.6 cm³/mol. The maximum Gasteiger partial charge on any atom is 0.416 e. The summed E-state index contributed by atoms with van der Waals surface area (Å²) in [6, 6.07) is 1.98. The molecule has 4 nitrogen and oxygen atoms in total. The van der Waals surface area contributed by atoms with Gasteiger partial charge >= 0.3 is 6.18 Å². The minimum Gasteiger partial charge on any atom is -0.393 e. The summed E-state index contributed by atoms with van der Waals surface area (Å²) in [4.78, 5) is 4.06. The molecule has 2 atom stereocenters. The summed E-state index contributed by atoms with van der Waals surface area (Å²) < 4.78 is 38.3. The number of nitrogens with one attached hydrogen (secondary N) is 2. The van der Waals surface area contributed by atoms with E-state index in [1.807, 2.05) is 0 Å². The Morgan fingerprint density at radius 2 is 2.00 bits per heavy atom. The van der Waals surface area contributed by atoms with E-state index in [2.05, 4.69) is 15.6 Å². The van der Waals surface area contributed by atoms with E-state index in [0.29, 0.717) is 13.0 Å². The van der Waals surface area contributed by atoms with Crippen molar-refractivity contribution in [2.24, 2.45) is 5.92 Å². The fourth-order valence-electron chi connectivity index (χ4n) is 2.40. The molecule has 1 aliphatic rings. The van der Waals surface area contributed by atoms with Gasteiger partial charge in [-0.15, -0.1) is 0 Å². The highest BCUT2D eigenvalue weighted by atomic mass is 19.4. The molecule has 0 bridgehead atoms. The van der Waals surface area contributed by atoms with E-state index in [1.54, 1.807) is 0 Å². The van der Waals surface area contributed by atoms with Crippen molar-refractivity contribution >= 4 is 11.6 Å². The zero-order valence-electron chi connectivity index (χ0n) is 11.2. The molecule has 1 heterocycles. The highest BCUT2D eigenvalue weighted by Crippen LogP contribution is 2.32. The number of anilines is 2. The van der Waals surface area contributed by atoms with Gasteiger partial charge in [0.05, 0.1) is 11.7 Å². The van der Waals surface area contributed by atoms with Crippen molar-refractivity contribution in [3.05, 3.63) is 17.7 Å². The van der Waals surface area contributed by atoms with E-state index in [-0.39, 0.29) is 23.7 Å². The second-order valence-corrected chi connectivity index (χ2v) is 5.09. The summed E-state index contributed by atoms with van der Waals surface area (Å²) in [6.07, 6.45) is -2.36. The number of aliphatic hydroxyl groups excluding tert-OH is 1. The summed E-state index contributed by atoms with van der Waals surface area (Å²) in [7, 11) is 1.53. The first-order valence-electron chi connectivity index (χ1n) is 6.57. The second-order valence-electron chi connectivity index (χ2n) is 5.09. The van der Waals surface area contributed by atoms with E-state index >= 15 is 0 Å². The zero-order valence-corrected chi connectivity index (χ0v) is 11.2. The number of hydrogen-bond acceptors (Lipinski definition) is 4. The number of aromatic nitrogens is 1. The van der Waals surface area contributed by atoms with Gasteiger partial charge in [-0.05, 0) is 37.3 Å². The third kappa shape index (κ3) is 3.75. The minimum atomic E-state index is -4.39. The van der Waals surface area contributed by atoms with Crippen molar-refractivity contribution in [2.75, 3.05) is 24.2 Å². The zero-order chi connectivity index (χ0) is 14.8. The largest absolute Gasteiger partial charge is 0.416 e. The minimum absolute atomic E-state index is 0.175. The third-order valence-electron chi connectivity index (χ3n) is 3.49. The van der Waals surface area contributed by atoms with Gasteiger partial charge < -0.3 is 15.7 Å². The van der Waals surface area contributed by atoms with Gasteiger partial charge in [0.2, 0.25) is 0 Å². The lowest BCUT2D eigenvalue weighted by Crippen LogP contribution is -2.15. The Balaban J connectivity index is 2.07. The van der Waals surface area contributed by atoms with Crippen LogP contribution < -0.4 is 10.6 Å². The van der Waals surface area contributed by atoms with Crippen LogP contribution in [0.5, 0.6) is 0 Å². The van der Waals surface area contributed by atoms with Crippen molar-refractivity contribution < 1.29 is 18.3 Å². The average Bonchev–Trinajstić information content (AvgIpc) is 2.81. The summed E-state index contributed by atoms with van der Waals surface area (Å²) in [6.45, 7) is 0.522. The fraction of sp³-hybridized carbons (Fsp3) is 0.615. The second kappa shape index (κ2) is 5.87. The molecule has 1 aromatic rings. The van der Waals surface area contributed by atoms with Crippen LogP contribution in [0, 0.1) is 5.92 Å². The van der Waals surface area contributed by atoms with Crippen molar-refractivity contribution in [3.8, 4) is 0 Å². The average molecular weight is 289 g/mol. The Labute approximate surface area is 115 Å². The number of alkyl halides is 3. The normalized spacial score (nSPS) is 22.9. The first-order chi connectivity index (χ1) is 9.38. The van der Waals surface area contributed by atoms with Crippen LogP contribution in [0.1, 0.15) is 24.8 Å². The number of rotatable bonds is 4. The van der Waals surface area contributed by atoms with Gasteiger partial charge in [0.1, 0.15) is 11.6 Å². The topological polar surface area (TPSA) is 57.2 Å². The summed E-state index contributed by atoms with van der Waals surface area (Å²) >= 11 is 0. The first-order valence-corrected chi connectivity index (χ1v) is 6.57.